The number of nitrogens with one attached hydrogen (secondary N) is 2. The fourth-order valence-electron chi connectivity index (χ4n) is 3.09. The van der Waals surface area contributed by atoms with Crippen LogP contribution < -0.4 is 14.8 Å². The van der Waals surface area contributed by atoms with Gasteiger partial charge in [-0.15, -0.1) is 0 Å². The summed E-state index contributed by atoms with van der Waals surface area (Å²) in [5.41, 5.74) is 1.64. The average Bonchev–Trinajstić information content (AvgIpc) is 2.74. The molecule has 0 saturated carbocycles. The van der Waals surface area contributed by atoms with Gasteiger partial charge in [-0.2, -0.15) is 0 Å². The highest BCUT2D eigenvalue weighted by atomic mass is 32.2. The Labute approximate surface area is 181 Å². The van der Waals surface area contributed by atoms with Crippen LogP contribution in [0.1, 0.15) is 21.5 Å². The van der Waals surface area contributed by atoms with Crippen molar-refractivity contribution in [3.05, 3.63) is 89.2 Å². The molecule has 162 valence electrons. The molecule has 3 aromatic carbocycles. The largest absolute Gasteiger partial charge is 0.497 e. The monoisotopic (exact) mass is 442 g/mol. The van der Waals surface area contributed by atoms with E-state index in [1.54, 1.807) is 19.2 Å². The maximum atomic E-state index is 13.3. The van der Waals surface area contributed by atoms with Gasteiger partial charge in [0.25, 0.3) is 15.9 Å². The van der Waals surface area contributed by atoms with Crippen LogP contribution in [-0.2, 0) is 16.4 Å². The van der Waals surface area contributed by atoms with Gasteiger partial charge in [-0.3, -0.25) is 9.52 Å². The van der Waals surface area contributed by atoms with E-state index in [2.05, 4.69) is 10.0 Å². The van der Waals surface area contributed by atoms with Crippen LogP contribution in [0.15, 0.2) is 71.6 Å². The zero-order chi connectivity index (χ0) is 22.4. The molecule has 0 aliphatic rings. The van der Waals surface area contributed by atoms with Crippen molar-refractivity contribution in [2.75, 3.05) is 18.4 Å². The molecule has 0 atom stereocenters. The van der Waals surface area contributed by atoms with Gasteiger partial charge in [0.15, 0.2) is 0 Å². The number of carbonyl (C=O) groups excluding carboxylic acids is 1. The third kappa shape index (κ3) is 5.61. The van der Waals surface area contributed by atoms with Crippen molar-refractivity contribution in [2.45, 2.75) is 18.2 Å². The molecule has 0 radical (unpaired) electrons. The number of hydrogen-bond donors (Lipinski definition) is 2. The molecule has 6 nitrogen and oxygen atoms in total. The summed E-state index contributed by atoms with van der Waals surface area (Å²) in [6.45, 7) is 1.89. The summed E-state index contributed by atoms with van der Waals surface area (Å²) in [5.74, 6) is -0.166. The Balaban J connectivity index is 1.71. The number of para-hydroxylation sites is 1. The first-order chi connectivity index (χ1) is 14.8. The van der Waals surface area contributed by atoms with E-state index >= 15 is 0 Å². The van der Waals surface area contributed by atoms with Gasteiger partial charge < -0.3 is 10.1 Å². The Morgan fingerprint density at radius 1 is 1.03 bits per heavy atom. The van der Waals surface area contributed by atoms with Crippen molar-refractivity contribution >= 4 is 21.6 Å². The van der Waals surface area contributed by atoms with Crippen LogP contribution in [-0.4, -0.2) is 28.0 Å². The normalized spacial score (nSPS) is 11.1. The molecule has 0 aliphatic heterocycles. The van der Waals surface area contributed by atoms with Gasteiger partial charge >= 0.3 is 0 Å². The molecule has 3 rings (SSSR count). The Kier molecular flexibility index (Phi) is 6.91. The Morgan fingerprint density at radius 3 is 2.42 bits per heavy atom. The SMILES string of the molecule is COc1ccc(CCNC(=O)c2ccccc2NS(=O)(=O)c2ccc(F)cc2C)cc1. The molecule has 0 bridgehead atoms. The second kappa shape index (κ2) is 9.61. The van der Waals surface area contributed by atoms with E-state index in [4.69, 9.17) is 4.74 Å². The number of anilines is 1. The Morgan fingerprint density at radius 2 is 1.74 bits per heavy atom. The molecule has 31 heavy (non-hydrogen) atoms. The van der Waals surface area contributed by atoms with Gasteiger partial charge in [-0.25, -0.2) is 12.8 Å². The molecule has 0 fully saturated rings. The third-order valence-corrected chi connectivity index (χ3v) is 6.23. The van der Waals surface area contributed by atoms with Gasteiger partial charge in [0.2, 0.25) is 0 Å². The number of benzene rings is 3. The fourth-order valence-corrected chi connectivity index (χ4v) is 4.40. The van der Waals surface area contributed by atoms with E-state index in [-0.39, 0.29) is 21.7 Å². The molecular weight excluding hydrogens is 419 g/mol. The fraction of sp³-hybridized carbons (Fsp3) is 0.174. The van der Waals surface area contributed by atoms with E-state index in [1.807, 2.05) is 24.3 Å². The van der Waals surface area contributed by atoms with Crippen molar-refractivity contribution in [2.24, 2.45) is 0 Å². The van der Waals surface area contributed by atoms with E-state index in [0.717, 1.165) is 23.4 Å². The third-order valence-electron chi connectivity index (χ3n) is 4.70. The van der Waals surface area contributed by atoms with Crippen LogP contribution in [0.5, 0.6) is 5.75 Å². The van der Waals surface area contributed by atoms with E-state index in [9.17, 15) is 17.6 Å². The first kappa shape index (κ1) is 22.3. The van der Waals surface area contributed by atoms with Crippen molar-refractivity contribution < 1.29 is 22.3 Å². The summed E-state index contributed by atoms with van der Waals surface area (Å²) in [7, 11) is -2.40. The minimum atomic E-state index is -4.00. The number of methoxy groups -OCH3 is 1. The van der Waals surface area contributed by atoms with Gasteiger partial charge in [-0.1, -0.05) is 24.3 Å². The number of sulfonamides is 1. The first-order valence-electron chi connectivity index (χ1n) is 9.59. The van der Waals surface area contributed by atoms with Crippen LogP contribution in [0.2, 0.25) is 0 Å². The molecule has 3 aromatic rings. The predicted octanol–water partition coefficient (Wildman–Crippen LogP) is 3.92. The number of amides is 1. The minimum Gasteiger partial charge on any atom is -0.497 e. The molecular formula is C23H23FN2O4S. The Hall–Kier alpha value is -3.39. The summed E-state index contributed by atoms with van der Waals surface area (Å²) in [4.78, 5) is 12.6. The molecule has 2 N–H and O–H groups in total. The molecule has 0 heterocycles. The van der Waals surface area contributed by atoms with Crippen molar-refractivity contribution in [1.82, 2.24) is 5.32 Å². The van der Waals surface area contributed by atoms with Gasteiger partial charge in [0.05, 0.1) is 23.3 Å². The molecule has 0 spiro atoms. The van der Waals surface area contributed by atoms with Crippen molar-refractivity contribution in [1.29, 1.82) is 0 Å². The number of aryl methyl sites for hydroxylation is 1. The second-order valence-electron chi connectivity index (χ2n) is 6.91. The molecule has 0 aromatic heterocycles. The van der Waals surface area contributed by atoms with Crippen molar-refractivity contribution in [3.8, 4) is 5.75 Å². The highest BCUT2D eigenvalue weighted by Crippen LogP contribution is 2.23. The lowest BCUT2D eigenvalue weighted by Gasteiger charge is -2.14. The molecule has 8 heteroatoms. The number of rotatable bonds is 8. The van der Waals surface area contributed by atoms with E-state index in [1.165, 1.54) is 25.1 Å². The van der Waals surface area contributed by atoms with E-state index < -0.39 is 21.7 Å². The summed E-state index contributed by atoms with van der Waals surface area (Å²) in [6, 6.07) is 17.3. The quantitative estimate of drug-likeness (QED) is 0.554. The lowest BCUT2D eigenvalue weighted by Crippen LogP contribution is -2.27. The summed E-state index contributed by atoms with van der Waals surface area (Å²) in [5, 5.41) is 2.81. The van der Waals surface area contributed by atoms with Crippen LogP contribution in [0.25, 0.3) is 0 Å². The number of halogens is 1. The highest BCUT2D eigenvalue weighted by molar-refractivity contribution is 7.92. The molecule has 1 amide bonds. The lowest BCUT2D eigenvalue weighted by molar-refractivity contribution is 0.0955. The zero-order valence-corrected chi connectivity index (χ0v) is 18.0. The summed E-state index contributed by atoms with van der Waals surface area (Å²) < 4.78 is 46.5. The topological polar surface area (TPSA) is 84.5 Å². The highest BCUT2D eigenvalue weighted by Gasteiger charge is 2.20. The number of hydrogen-bond acceptors (Lipinski definition) is 4. The maximum absolute atomic E-state index is 13.3. The van der Waals surface area contributed by atoms with Crippen molar-refractivity contribution in [3.63, 3.8) is 0 Å². The van der Waals surface area contributed by atoms with Gasteiger partial charge in [0, 0.05) is 6.54 Å². The first-order valence-corrected chi connectivity index (χ1v) is 11.1. The van der Waals surface area contributed by atoms with Gasteiger partial charge in [-0.05, 0) is 66.9 Å². The molecule has 0 saturated heterocycles. The smallest absolute Gasteiger partial charge is 0.262 e. The molecule has 0 unspecified atom stereocenters. The van der Waals surface area contributed by atoms with Gasteiger partial charge in [0.1, 0.15) is 11.6 Å². The maximum Gasteiger partial charge on any atom is 0.262 e. The lowest BCUT2D eigenvalue weighted by atomic mass is 10.1. The van der Waals surface area contributed by atoms with Crippen LogP contribution in [0.4, 0.5) is 10.1 Å². The van der Waals surface area contributed by atoms with E-state index in [0.29, 0.717) is 13.0 Å². The average molecular weight is 443 g/mol. The number of carbonyl (C=O) groups is 1. The Bertz CT molecular complexity index is 1180. The van der Waals surface area contributed by atoms with Crippen LogP contribution in [0, 0.1) is 12.7 Å². The number of ether oxygens (including phenoxy) is 1. The minimum absolute atomic E-state index is 0.0522. The second-order valence-corrected chi connectivity index (χ2v) is 8.57. The summed E-state index contributed by atoms with van der Waals surface area (Å²) in [6.07, 6.45) is 0.610. The molecule has 0 aliphatic carbocycles. The summed E-state index contributed by atoms with van der Waals surface area (Å²) >= 11 is 0. The standard InChI is InChI=1S/C23H23FN2O4S/c1-16-15-18(24)9-12-22(16)31(28,29)26-21-6-4-3-5-20(21)23(27)25-14-13-17-7-10-19(30-2)11-8-17/h3-12,15,26H,13-14H2,1-2H3,(H,25,27). The zero-order valence-electron chi connectivity index (χ0n) is 17.2. The van der Waals surface area contributed by atoms with Crippen LogP contribution >= 0.6 is 0 Å². The van der Waals surface area contributed by atoms with Crippen LogP contribution in [0.3, 0.4) is 0 Å². The predicted molar refractivity (Wildman–Crippen MR) is 117 cm³/mol.